The molecule has 2 fully saturated rings. The van der Waals surface area contributed by atoms with Crippen molar-refractivity contribution in [2.75, 3.05) is 6.54 Å². The van der Waals surface area contributed by atoms with Crippen molar-refractivity contribution in [1.29, 1.82) is 0 Å². The number of nitrogens with zero attached hydrogens (tertiary/aromatic N) is 2. The standard InChI is InChI=1S/C15H17BrN2O2/c16-12-5-3-4-11(8-12)9-18-14(19)10-17(15(18)20)13-6-1-2-7-13/h3-5,8,13H,1-2,6-7,9-10H2. The first kappa shape index (κ1) is 13.6. The summed E-state index contributed by atoms with van der Waals surface area (Å²) < 4.78 is 0.960. The minimum absolute atomic E-state index is 0.0816. The highest BCUT2D eigenvalue weighted by atomic mass is 79.9. The van der Waals surface area contributed by atoms with E-state index in [-0.39, 0.29) is 24.5 Å². The molecule has 1 saturated carbocycles. The Balaban J connectivity index is 1.73. The molecule has 0 aromatic heterocycles. The first-order valence-corrected chi connectivity index (χ1v) is 7.80. The van der Waals surface area contributed by atoms with Crippen LogP contribution in [0.1, 0.15) is 31.2 Å². The summed E-state index contributed by atoms with van der Waals surface area (Å²) in [6, 6.07) is 7.87. The van der Waals surface area contributed by atoms with Gasteiger partial charge in [0.1, 0.15) is 6.54 Å². The molecule has 3 amide bonds. The van der Waals surface area contributed by atoms with Crippen LogP contribution < -0.4 is 0 Å². The lowest BCUT2D eigenvalue weighted by molar-refractivity contribution is -0.125. The number of hydrogen-bond acceptors (Lipinski definition) is 2. The molecule has 3 rings (SSSR count). The Labute approximate surface area is 126 Å². The van der Waals surface area contributed by atoms with Gasteiger partial charge in [-0.15, -0.1) is 0 Å². The highest BCUT2D eigenvalue weighted by Gasteiger charge is 2.40. The van der Waals surface area contributed by atoms with Crippen LogP contribution in [0, 0.1) is 0 Å². The van der Waals surface area contributed by atoms with Gasteiger partial charge in [-0.3, -0.25) is 9.69 Å². The van der Waals surface area contributed by atoms with Crippen molar-refractivity contribution in [1.82, 2.24) is 9.80 Å². The Hall–Kier alpha value is -1.36. The largest absolute Gasteiger partial charge is 0.327 e. The van der Waals surface area contributed by atoms with Crippen molar-refractivity contribution in [3.63, 3.8) is 0 Å². The molecule has 106 valence electrons. The Morgan fingerprint density at radius 3 is 2.65 bits per heavy atom. The zero-order chi connectivity index (χ0) is 14.1. The number of rotatable bonds is 3. The predicted octanol–water partition coefficient (Wildman–Crippen LogP) is 3.16. The molecule has 1 aromatic rings. The van der Waals surface area contributed by atoms with E-state index in [9.17, 15) is 9.59 Å². The molecule has 5 heteroatoms. The van der Waals surface area contributed by atoms with Crippen LogP contribution >= 0.6 is 15.9 Å². The van der Waals surface area contributed by atoms with E-state index in [1.165, 1.54) is 4.90 Å². The zero-order valence-electron chi connectivity index (χ0n) is 11.2. The monoisotopic (exact) mass is 336 g/mol. The number of benzene rings is 1. The molecule has 0 unspecified atom stereocenters. The van der Waals surface area contributed by atoms with Crippen molar-refractivity contribution in [2.45, 2.75) is 38.3 Å². The number of halogens is 1. The van der Waals surface area contributed by atoms with E-state index in [1.54, 1.807) is 4.90 Å². The Kier molecular flexibility index (Phi) is 3.78. The summed E-state index contributed by atoms with van der Waals surface area (Å²) >= 11 is 3.41. The minimum Gasteiger partial charge on any atom is -0.312 e. The molecule has 0 N–H and O–H groups in total. The van der Waals surface area contributed by atoms with Gasteiger partial charge in [-0.2, -0.15) is 0 Å². The van der Waals surface area contributed by atoms with Crippen molar-refractivity contribution >= 4 is 27.9 Å². The average Bonchev–Trinajstić information content (AvgIpc) is 3.02. The first-order valence-electron chi connectivity index (χ1n) is 7.00. The number of hydrogen-bond donors (Lipinski definition) is 0. The van der Waals surface area contributed by atoms with Gasteiger partial charge in [0.15, 0.2) is 0 Å². The number of amides is 3. The second-order valence-corrected chi connectivity index (χ2v) is 6.37. The highest BCUT2D eigenvalue weighted by molar-refractivity contribution is 9.10. The fraction of sp³-hybridized carbons (Fsp3) is 0.467. The van der Waals surface area contributed by atoms with Crippen LogP contribution in [-0.4, -0.2) is 34.3 Å². The van der Waals surface area contributed by atoms with E-state index < -0.39 is 0 Å². The summed E-state index contributed by atoms with van der Waals surface area (Å²) in [6.07, 6.45) is 4.38. The molecule has 0 bridgehead atoms. The lowest BCUT2D eigenvalue weighted by Crippen LogP contribution is -2.37. The minimum atomic E-state index is -0.123. The third-order valence-electron chi connectivity index (χ3n) is 4.08. The highest BCUT2D eigenvalue weighted by Crippen LogP contribution is 2.27. The van der Waals surface area contributed by atoms with Gasteiger partial charge >= 0.3 is 6.03 Å². The van der Waals surface area contributed by atoms with Crippen LogP contribution in [0.3, 0.4) is 0 Å². The number of imide groups is 1. The summed E-state index contributed by atoms with van der Waals surface area (Å²) in [4.78, 5) is 27.6. The van der Waals surface area contributed by atoms with Gasteiger partial charge in [0.05, 0.1) is 6.54 Å². The van der Waals surface area contributed by atoms with Gasteiger partial charge in [0.25, 0.3) is 5.91 Å². The van der Waals surface area contributed by atoms with Crippen LogP contribution in [0.15, 0.2) is 28.7 Å². The molecular formula is C15H17BrN2O2. The molecule has 1 aliphatic carbocycles. The zero-order valence-corrected chi connectivity index (χ0v) is 12.8. The van der Waals surface area contributed by atoms with E-state index in [4.69, 9.17) is 0 Å². The molecule has 2 aliphatic rings. The number of carbonyl (C=O) groups excluding carboxylic acids is 2. The molecule has 1 aliphatic heterocycles. The number of carbonyl (C=O) groups is 2. The topological polar surface area (TPSA) is 40.6 Å². The second-order valence-electron chi connectivity index (χ2n) is 5.46. The lowest BCUT2D eigenvalue weighted by Gasteiger charge is -2.23. The summed E-state index contributed by atoms with van der Waals surface area (Å²) in [5.41, 5.74) is 0.967. The molecule has 1 saturated heterocycles. The van der Waals surface area contributed by atoms with Crippen molar-refractivity contribution in [3.8, 4) is 0 Å². The Morgan fingerprint density at radius 2 is 1.95 bits per heavy atom. The fourth-order valence-corrected chi connectivity index (χ4v) is 3.48. The van der Waals surface area contributed by atoms with Crippen LogP contribution in [0.25, 0.3) is 0 Å². The van der Waals surface area contributed by atoms with Gasteiger partial charge in [0.2, 0.25) is 0 Å². The molecule has 0 spiro atoms. The van der Waals surface area contributed by atoms with E-state index >= 15 is 0 Å². The first-order chi connectivity index (χ1) is 9.65. The number of urea groups is 1. The van der Waals surface area contributed by atoms with E-state index in [1.807, 2.05) is 24.3 Å². The quantitative estimate of drug-likeness (QED) is 0.795. The lowest BCUT2D eigenvalue weighted by atomic mass is 10.2. The third kappa shape index (κ3) is 2.59. The maximum Gasteiger partial charge on any atom is 0.327 e. The van der Waals surface area contributed by atoms with E-state index in [0.717, 1.165) is 35.7 Å². The SMILES string of the molecule is O=C1CN(C2CCCC2)C(=O)N1Cc1cccc(Br)c1. The second kappa shape index (κ2) is 5.56. The average molecular weight is 337 g/mol. The summed E-state index contributed by atoms with van der Waals surface area (Å²) in [7, 11) is 0. The maximum absolute atomic E-state index is 12.4. The van der Waals surface area contributed by atoms with Crippen LogP contribution in [0.4, 0.5) is 4.79 Å². The van der Waals surface area contributed by atoms with Gasteiger partial charge in [0, 0.05) is 10.5 Å². The fourth-order valence-electron chi connectivity index (χ4n) is 3.04. The van der Waals surface area contributed by atoms with Gasteiger partial charge in [-0.1, -0.05) is 40.9 Å². The molecule has 1 aromatic carbocycles. The Bertz CT molecular complexity index is 540. The molecule has 1 heterocycles. The molecule has 0 radical (unpaired) electrons. The van der Waals surface area contributed by atoms with Crippen LogP contribution in [-0.2, 0) is 11.3 Å². The third-order valence-corrected chi connectivity index (χ3v) is 4.57. The molecule has 20 heavy (non-hydrogen) atoms. The van der Waals surface area contributed by atoms with E-state index in [2.05, 4.69) is 15.9 Å². The maximum atomic E-state index is 12.4. The molecule has 0 atom stereocenters. The van der Waals surface area contributed by atoms with Gasteiger partial charge < -0.3 is 4.90 Å². The smallest absolute Gasteiger partial charge is 0.312 e. The summed E-state index contributed by atoms with van der Waals surface area (Å²) in [6.45, 7) is 0.609. The predicted molar refractivity (Wildman–Crippen MR) is 79.1 cm³/mol. The Morgan fingerprint density at radius 1 is 1.20 bits per heavy atom. The normalized spacial score (nSPS) is 20.2. The van der Waals surface area contributed by atoms with Gasteiger partial charge in [-0.25, -0.2) is 4.79 Å². The van der Waals surface area contributed by atoms with Crippen LogP contribution in [0.5, 0.6) is 0 Å². The van der Waals surface area contributed by atoms with Crippen LogP contribution in [0.2, 0.25) is 0 Å². The van der Waals surface area contributed by atoms with E-state index in [0.29, 0.717) is 6.54 Å². The van der Waals surface area contributed by atoms with Gasteiger partial charge in [-0.05, 0) is 30.5 Å². The summed E-state index contributed by atoms with van der Waals surface area (Å²) in [5.74, 6) is -0.0816. The summed E-state index contributed by atoms with van der Waals surface area (Å²) in [5, 5.41) is 0. The van der Waals surface area contributed by atoms with Crippen molar-refractivity contribution in [3.05, 3.63) is 34.3 Å². The molecular weight excluding hydrogens is 320 g/mol. The van der Waals surface area contributed by atoms with Crippen molar-refractivity contribution in [2.24, 2.45) is 0 Å². The molecule has 4 nitrogen and oxygen atoms in total. The van der Waals surface area contributed by atoms with Crippen molar-refractivity contribution < 1.29 is 9.59 Å².